The Hall–Kier alpha value is -3.90. The van der Waals surface area contributed by atoms with E-state index in [1.165, 1.54) is 54.6 Å². The normalized spacial score (nSPS) is 11.7. The molecule has 0 amide bonds. The molecule has 146 valence electrons. The van der Waals surface area contributed by atoms with Crippen LogP contribution in [0.1, 0.15) is 11.1 Å². The van der Waals surface area contributed by atoms with Crippen molar-refractivity contribution < 1.29 is 0 Å². The Labute approximate surface area is 182 Å². The molecule has 0 nitrogen and oxygen atoms in total. The van der Waals surface area contributed by atoms with Crippen molar-refractivity contribution in [3.05, 3.63) is 132 Å². The molecular formula is C31H22. The predicted molar refractivity (Wildman–Crippen MR) is 134 cm³/mol. The van der Waals surface area contributed by atoms with Gasteiger partial charge in [-0.3, -0.25) is 0 Å². The van der Waals surface area contributed by atoms with Crippen LogP contribution in [-0.4, -0.2) is 0 Å². The van der Waals surface area contributed by atoms with Crippen molar-refractivity contribution in [2.75, 3.05) is 0 Å². The molecule has 0 saturated heterocycles. The van der Waals surface area contributed by atoms with Gasteiger partial charge >= 0.3 is 0 Å². The molecule has 0 radical (unpaired) electrons. The van der Waals surface area contributed by atoms with Crippen LogP contribution in [0.3, 0.4) is 0 Å². The van der Waals surface area contributed by atoms with E-state index in [9.17, 15) is 0 Å². The van der Waals surface area contributed by atoms with E-state index in [-0.39, 0.29) is 0 Å². The van der Waals surface area contributed by atoms with Crippen molar-refractivity contribution in [3.8, 4) is 11.1 Å². The molecule has 0 aliphatic heterocycles. The summed E-state index contributed by atoms with van der Waals surface area (Å²) in [5, 5.41) is 7.90. The lowest BCUT2D eigenvalue weighted by atomic mass is 9.98. The molecule has 0 unspecified atom stereocenters. The number of hydrogen-bond donors (Lipinski definition) is 0. The first-order valence-corrected chi connectivity index (χ1v) is 10.8. The molecule has 31 heavy (non-hydrogen) atoms. The first-order valence-electron chi connectivity index (χ1n) is 10.8. The molecule has 1 aliphatic carbocycles. The average Bonchev–Trinajstić information content (AvgIpc) is 3.22. The maximum Gasteiger partial charge on any atom is -0.00135 e. The van der Waals surface area contributed by atoms with Crippen LogP contribution in [0.15, 0.2) is 121 Å². The van der Waals surface area contributed by atoms with Gasteiger partial charge in [0.1, 0.15) is 0 Å². The van der Waals surface area contributed by atoms with Crippen molar-refractivity contribution in [3.63, 3.8) is 0 Å². The summed E-state index contributed by atoms with van der Waals surface area (Å²) in [5.74, 6) is 0. The van der Waals surface area contributed by atoms with Gasteiger partial charge in [-0.1, -0.05) is 109 Å². The van der Waals surface area contributed by atoms with Crippen LogP contribution < -0.4 is 0 Å². The summed E-state index contributed by atoms with van der Waals surface area (Å²) in [4.78, 5) is 0. The van der Waals surface area contributed by atoms with Gasteiger partial charge in [-0.05, 0) is 73.1 Å². The largest absolute Gasteiger partial charge is 0.0619 e. The quantitative estimate of drug-likeness (QED) is 0.179. The summed E-state index contributed by atoms with van der Waals surface area (Å²) in [6.45, 7) is 0. The fraction of sp³-hybridized carbons (Fsp3) is 0.0323. The summed E-state index contributed by atoms with van der Waals surface area (Å²) in [5.41, 5.74) is 5.75. The van der Waals surface area contributed by atoms with Crippen LogP contribution in [0.25, 0.3) is 43.4 Å². The highest BCUT2D eigenvalue weighted by molar-refractivity contribution is 6.11. The standard InChI is InChI=1S/C18H12.C13H10/c1-2-7-15-12-18-16(11-14(15)6-1)10-9-13-5-3-4-8-17(13)18;1-3-7-12-10(5-1)9-11-6-2-4-8-13(11)12/h1-12H;1-8H,9H2. The molecule has 0 N–H and O–H groups in total. The van der Waals surface area contributed by atoms with E-state index in [0.717, 1.165) is 6.42 Å². The van der Waals surface area contributed by atoms with Crippen molar-refractivity contribution in [2.24, 2.45) is 0 Å². The van der Waals surface area contributed by atoms with E-state index in [4.69, 9.17) is 0 Å². The Kier molecular flexibility index (Phi) is 4.28. The van der Waals surface area contributed by atoms with Crippen LogP contribution in [0.4, 0.5) is 0 Å². The maximum atomic E-state index is 2.30. The van der Waals surface area contributed by atoms with Crippen molar-refractivity contribution in [1.29, 1.82) is 0 Å². The fourth-order valence-electron chi connectivity index (χ4n) is 4.78. The molecule has 6 aromatic carbocycles. The van der Waals surface area contributed by atoms with E-state index in [0.29, 0.717) is 0 Å². The molecule has 0 atom stereocenters. The lowest BCUT2D eigenvalue weighted by molar-refractivity contribution is 1.26. The highest BCUT2D eigenvalue weighted by Crippen LogP contribution is 2.35. The smallest absolute Gasteiger partial charge is 0.00135 e. The Balaban J connectivity index is 0.000000126. The number of fused-ring (bicyclic) bond motifs is 7. The van der Waals surface area contributed by atoms with Gasteiger partial charge in [-0.25, -0.2) is 0 Å². The number of hydrogen-bond acceptors (Lipinski definition) is 0. The van der Waals surface area contributed by atoms with Crippen molar-refractivity contribution >= 4 is 32.3 Å². The van der Waals surface area contributed by atoms with E-state index in [2.05, 4.69) is 121 Å². The van der Waals surface area contributed by atoms with Crippen molar-refractivity contribution in [1.82, 2.24) is 0 Å². The van der Waals surface area contributed by atoms with E-state index >= 15 is 0 Å². The fourth-order valence-corrected chi connectivity index (χ4v) is 4.78. The van der Waals surface area contributed by atoms with Gasteiger partial charge < -0.3 is 0 Å². The molecule has 0 fully saturated rings. The van der Waals surface area contributed by atoms with Gasteiger partial charge in [0.15, 0.2) is 0 Å². The maximum absolute atomic E-state index is 2.30. The van der Waals surface area contributed by atoms with Gasteiger partial charge in [-0.15, -0.1) is 0 Å². The summed E-state index contributed by atoms with van der Waals surface area (Å²) < 4.78 is 0. The van der Waals surface area contributed by atoms with Crippen LogP contribution >= 0.6 is 0 Å². The third kappa shape index (κ3) is 3.17. The lowest BCUT2D eigenvalue weighted by Crippen LogP contribution is -1.79. The Morgan fingerprint density at radius 1 is 0.355 bits per heavy atom. The Morgan fingerprint density at radius 3 is 1.58 bits per heavy atom. The Bertz CT molecular complexity index is 1510. The molecule has 0 saturated carbocycles. The summed E-state index contributed by atoms with van der Waals surface area (Å²) in [7, 11) is 0. The minimum absolute atomic E-state index is 1.10. The number of rotatable bonds is 0. The zero-order valence-electron chi connectivity index (χ0n) is 17.3. The Morgan fingerprint density at radius 2 is 0.871 bits per heavy atom. The van der Waals surface area contributed by atoms with E-state index in [1.807, 2.05) is 0 Å². The lowest BCUT2D eigenvalue weighted by Gasteiger charge is -2.06. The second-order valence-corrected chi connectivity index (χ2v) is 8.20. The van der Waals surface area contributed by atoms with Crippen LogP contribution in [0.5, 0.6) is 0 Å². The zero-order chi connectivity index (χ0) is 20.6. The highest BCUT2D eigenvalue weighted by atomic mass is 14.2. The van der Waals surface area contributed by atoms with Gasteiger partial charge in [0.25, 0.3) is 0 Å². The summed E-state index contributed by atoms with van der Waals surface area (Å²) >= 11 is 0. The second kappa shape index (κ2) is 7.41. The topological polar surface area (TPSA) is 0 Å². The third-order valence-electron chi connectivity index (χ3n) is 6.32. The molecule has 1 aliphatic rings. The first kappa shape index (κ1) is 17.9. The van der Waals surface area contributed by atoms with E-state index < -0.39 is 0 Å². The van der Waals surface area contributed by atoms with Gasteiger partial charge in [-0.2, -0.15) is 0 Å². The molecule has 0 heterocycles. The zero-order valence-corrected chi connectivity index (χ0v) is 17.3. The van der Waals surface area contributed by atoms with Gasteiger partial charge in [0.05, 0.1) is 0 Å². The predicted octanol–water partition coefficient (Wildman–Crippen LogP) is 8.40. The second-order valence-electron chi connectivity index (χ2n) is 8.20. The monoisotopic (exact) mass is 394 g/mol. The SMILES string of the molecule is c1ccc2c(c1)Cc1ccccc1-2.c1ccc2cc3c(ccc4ccccc43)cc2c1. The molecule has 0 heteroatoms. The molecule has 0 aromatic heterocycles. The molecular weight excluding hydrogens is 372 g/mol. The summed E-state index contributed by atoms with van der Waals surface area (Å²) in [6, 6.07) is 43.4. The highest BCUT2D eigenvalue weighted by Gasteiger charge is 2.15. The molecule has 6 aromatic rings. The average molecular weight is 395 g/mol. The van der Waals surface area contributed by atoms with Crippen LogP contribution in [-0.2, 0) is 6.42 Å². The minimum atomic E-state index is 1.10. The summed E-state index contributed by atoms with van der Waals surface area (Å²) in [6.07, 6.45) is 1.10. The van der Waals surface area contributed by atoms with Crippen molar-refractivity contribution in [2.45, 2.75) is 6.42 Å². The third-order valence-corrected chi connectivity index (χ3v) is 6.32. The first-order chi connectivity index (χ1) is 15.4. The number of benzene rings is 6. The van der Waals surface area contributed by atoms with E-state index in [1.54, 1.807) is 0 Å². The molecule has 0 bridgehead atoms. The molecule has 7 rings (SSSR count). The van der Waals surface area contributed by atoms with Crippen LogP contribution in [0, 0.1) is 0 Å². The van der Waals surface area contributed by atoms with Gasteiger partial charge in [0, 0.05) is 0 Å². The minimum Gasteiger partial charge on any atom is -0.0619 e. The van der Waals surface area contributed by atoms with Crippen LogP contribution in [0.2, 0.25) is 0 Å². The molecule has 0 spiro atoms. The van der Waals surface area contributed by atoms with Gasteiger partial charge in [0.2, 0.25) is 0 Å².